The van der Waals surface area contributed by atoms with Gasteiger partial charge >= 0.3 is 0 Å². The van der Waals surface area contributed by atoms with Crippen molar-refractivity contribution in [3.05, 3.63) is 65.5 Å². The molecule has 1 aliphatic heterocycles. The van der Waals surface area contributed by atoms with Crippen LogP contribution in [0.15, 0.2) is 48.7 Å². The summed E-state index contributed by atoms with van der Waals surface area (Å²) in [7, 11) is 0. The number of hydrogen-bond acceptors (Lipinski definition) is 4. The second-order valence-electron chi connectivity index (χ2n) is 7.20. The number of hydrogen-bond donors (Lipinski definition) is 1. The van der Waals surface area contributed by atoms with Gasteiger partial charge in [0.2, 0.25) is 0 Å². The van der Waals surface area contributed by atoms with E-state index in [1.54, 1.807) is 0 Å². The van der Waals surface area contributed by atoms with Crippen LogP contribution >= 0.6 is 0 Å². The highest BCUT2D eigenvalue weighted by molar-refractivity contribution is 5.32. The zero-order chi connectivity index (χ0) is 17.1. The Morgan fingerprint density at radius 1 is 1.00 bits per heavy atom. The quantitative estimate of drug-likeness (QED) is 0.929. The van der Waals surface area contributed by atoms with Crippen LogP contribution in [0.1, 0.15) is 29.3 Å². The zero-order valence-electron chi connectivity index (χ0n) is 14.7. The third-order valence-electron chi connectivity index (χ3n) is 5.73. The molecule has 1 saturated heterocycles. The first-order chi connectivity index (χ1) is 12.3. The van der Waals surface area contributed by atoms with Gasteiger partial charge in [0.05, 0.1) is 6.10 Å². The van der Waals surface area contributed by atoms with E-state index in [0.29, 0.717) is 0 Å². The van der Waals surface area contributed by atoms with Crippen molar-refractivity contribution in [2.24, 2.45) is 0 Å². The van der Waals surface area contributed by atoms with Crippen LogP contribution in [0.4, 0.5) is 0 Å². The number of aliphatic hydroxyl groups is 1. The number of piperazine rings is 1. The Hall–Kier alpha value is -1.75. The molecular weight excluding hydrogens is 310 g/mol. The first-order valence-electron chi connectivity index (χ1n) is 9.43. The maximum atomic E-state index is 10.8. The first-order valence-corrected chi connectivity index (χ1v) is 9.43. The molecule has 1 fully saturated rings. The average molecular weight is 337 g/mol. The van der Waals surface area contributed by atoms with Crippen molar-refractivity contribution in [1.82, 2.24) is 14.8 Å². The molecule has 0 spiro atoms. The highest BCUT2D eigenvalue weighted by Gasteiger charge is 2.33. The number of fused-ring (bicyclic) bond motifs is 1. The van der Waals surface area contributed by atoms with Crippen molar-refractivity contribution >= 4 is 0 Å². The van der Waals surface area contributed by atoms with Gasteiger partial charge in [-0.25, -0.2) is 0 Å². The molecule has 0 radical (unpaired) electrons. The Labute approximate surface area is 150 Å². The number of aliphatic hydroxyl groups excluding tert-OH is 1. The fourth-order valence-electron chi connectivity index (χ4n) is 4.24. The van der Waals surface area contributed by atoms with E-state index in [0.717, 1.165) is 57.5 Å². The average Bonchev–Trinajstić information content (AvgIpc) is 2.68. The van der Waals surface area contributed by atoms with E-state index in [1.165, 1.54) is 11.3 Å². The first kappa shape index (κ1) is 16.7. The van der Waals surface area contributed by atoms with E-state index in [2.05, 4.69) is 45.1 Å². The maximum absolute atomic E-state index is 10.8. The Kier molecular flexibility index (Phi) is 5.11. The molecule has 1 aliphatic carbocycles. The molecule has 2 heterocycles. The van der Waals surface area contributed by atoms with E-state index >= 15 is 0 Å². The van der Waals surface area contributed by atoms with Gasteiger partial charge < -0.3 is 10.0 Å². The summed E-state index contributed by atoms with van der Waals surface area (Å²) >= 11 is 0. The van der Waals surface area contributed by atoms with Crippen LogP contribution in [0.5, 0.6) is 0 Å². The third kappa shape index (κ3) is 3.76. The minimum Gasteiger partial charge on any atom is -0.387 e. The number of nitrogens with zero attached hydrogens (tertiary/aromatic N) is 3. The second-order valence-corrected chi connectivity index (χ2v) is 7.20. The lowest BCUT2D eigenvalue weighted by atomic mass is 9.85. The molecule has 1 N–H and O–H groups in total. The van der Waals surface area contributed by atoms with Crippen LogP contribution in [0.25, 0.3) is 0 Å². The molecule has 1 aromatic heterocycles. The lowest BCUT2D eigenvalue weighted by Gasteiger charge is -2.43. The standard InChI is InChI=1S/C21H27N3O/c25-21-19-7-2-1-5-17(19)8-9-20(21)24-15-13-23(14-16-24)12-10-18-6-3-4-11-22-18/h1-7,11,20-21,25H,8-10,12-16H2. The van der Waals surface area contributed by atoms with Crippen LogP contribution in [0.3, 0.4) is 0 Å². The molecule has 0 bridgehead atoms. The number of rotatable bonds is 4. The highest BCUT2D eigenvalue weighted by Crippen LogP contribution is 2.33. The molecule has 2 aliphatic rings. The summed E-state index contributed by atoms with van der Waals surface area (Å²) in [4.78, 5) is 9.43. The summed E-state index contributed by atoms with van der Waals surface area (Å²) in [6.45, 7) is 5.33. The van der Waals surface area contributed by atoms with Crippen LogP contribution in [-0.4, -0.2) is 58.7 Å². The molecular formula is C21H27N3O. The van der Waals surface area contributed by atoms with Gasteiger partial charge in [-0.05, 0) is 36.1 Å². The SMILES string of the molecule is OC1c2ccccc2CCC1N1CCN(CCc2ccccn2)CC1. The van der Waals surface area contributed by atoms with Gasteiger partial charge in [0, 0.05) is 57.1 Å². The van der Waals surface area contributed by atoms with E-state index in [4.69, 9.17) is 0 Å². The van der Waals surface area contributed by atoms with Crippen LogP contribution < -0.4 is 0 Å². The molecule has 2 unspecified atom stereocenters. The smallest absolute Gasteiger partial charge is 0.0947 e. The van der Waals surface area contributed by atoms with Gasteiger partial charge in [-0.15, -0.1) is 0 Å². The van der Waals surface area contributed by atoms with Gasteiger partial charge in [-0.2, -0.15) is 0 Å². The van der Waals surface area contributed by atoms with Gasteiger partial charge in [0.1, 0.15) is 0 Å². The molecule has 132 valence electrons. The summed E-state index contributed by atoms with van der Waals surface area (Å²) in [6, 6.07) is 14.8. The fourth-order valence-corrected chi connectivity index (χ4v) is 4.24. The number of aromatic nitrogens is 1. The number of pyridine rings is 1. The van der Waals surface area contributed by atoms with Crippen molar-refractivity contribution in [2.75, 3.05) is 32.7 Å². The maximum Gasteiger partial charge on any atom is 0.0947 e. The molecule has 0 amide bonds. The van der Waals surface area contributed by atoms with Crippen LogP contribution in [-0.2, 0) is 12.8 Å². The van der Waals surface area contributed by atoms with Crippen LogP contribution in [0.2, 0.25) is 0 Å². The van der Waals surface area contributed by atoms with Crippen molar-refractivity contribution in [3.63, 3.8) is 0 Å². The Balaban J connectivity index is 1.30. The van der Waals surface area contributed by atoms with Crippen molar-refractivity contribution in [3.8, 4) is 0 Å². The largest absolute Gasteiger partial charge is 0.387 e. The van der Waals surface area contributed by atoms with Crippen molar-refractivity contribution in [2.45, 2.75) is 31.4 Å². The fraction of sp³-hybridized carbons (Fsp3) is 0.476. The highest BCUT2D eigenvalue weighted by atomic mass is 16.3. The molecule has 0 saturated carbocycles. The predicted molar refractivity (Wildman–Crippen MR) is 99.5 cm³/mol. The molecule has 4 rings (SSSR count). The monoisotopic (exact) mass is 337 g/mol. The van der Waals surface area contributed by atoms with Crippen molar-refractivity contribution < 1.29 is 5.11 Å². The van der Waals surface area contributed by atoms with E-state index in [-0.39, 0.29) is 12.1 Å². The Bertz CT molecular complexity index is 683. The second kappa shape index (κ2) is 7.65. The molecule has 2 aromatic rings. The molecule has 4 heteroatoms. The summed E-state index contributed by atoms with van der Waals surface area (Å²) in [5.74, 6) is 0. The lowest BCUT2D eigenvalue weighted by Crippen LogP contribution is -2.53. The Morgan fingerprint density at radius 3 is 2.60 bits per heavy atom. The lowest BCUT2D eigenvalue weighted by molar-refractivity contribution is 0.00862. The molecule has 2 atom stereocenters. The van der Waals surface area contributed by atoms with E-state index < -0.39 is 0 Å². The Morgan fingerprint density at radius 2 is 1.80 bits per heavy atom. The zero-order valence-corrected chi connectivity index (χ0v) is 14.7. The van der Waals surface area contributed by atoms with Gasteiger partial charge in [-0.3, -0.25) is 9.88 Å². The van der Waals surface area contributed by atoms with E-state index in [9.17, 15) is 5.11 Å². The number of aryl methyl sites for hydroxylation is 1. The molecule has 4 nitrogen and oxygen atoms in total. The molecule has 25 heavy (non-hydrogen) atoms. The predicted octanol–water partition coefficient (Wildman–Crippen LogP) is 2.29. The summed E-state index contributed by atoms with van der Waals surface area (Å²) < 4.78 is 0. The number of benzene rings is 1. The summed E-state index contributed by atoms with van der Waals surface area (Å²) in [5, 5.41) is 10.8. The minimum atomic E-state index is -0.343. The van der Waals surface area contributed by atoms with Crippen molar-refractivity contribution in [1.29, 1.82) is 0 Å². The van der Waals surface area contributed by atoms with Gasteiger partial charge in [-0.1, -0.05) is 30.3 Å². The third-order valence-corrected chi connectivity index (χ3v) is 5.73. The van der Waals surface area contributed by atoms with E-state index in [1.807, 2.05) is 18.3 Å². The molecule has 1 aromatic carbocycles. The minimum absolute atomic E-state index is 0.271. The summed E-state index contributed by atoms with van der Waals surface area (Å²) in [5.41, 5.74) is 3.63. The van der Waals surface area contributed by atoms with Crippen LogP contribution in [0, 0.1) is 0 Å². The van der Waals surface area contributed by atoms with Gasteiger partial charge in [0.15, 0.2) is 0 Å². The topological polar surface area (TPSA) is 39.6 Å². The van der Waals surface area contributed by atoms with Gasteiger partial charge in [0.25, 0.3) is 0 Å². The normalized spacial score (nSPS) is 24.8. The summed E-state index contributed by atoms with van der Waals surface area (Å²) in [6.07, 6.45) is 4.68.